The summed E-state index contributed by atoms with van der Waals surface area (Å²) in [5.74, 6) is -1.18. The summed E-state index contributed by atoms with van der Waals surface area (Å²) in [5, 5.41) is 9.40. The van der Waals surface area contributed by atoms with Gasteiger partial charge < -0.3 is 5.11 Å². The zero-order valence-corrected chi connectivity index (χ0v) is 9.32. The molecule has 1 aromatic carbocycles. The van der Waals surface area contributed by atoms with Gasteiger partial charge in [-0.3, -0.25) is 0 Å². The van der Waals surface area contributed by atoms with Crippen molar-refractivity contribution in [3.63, 3.8) is 0 Å². The van der Waals surface area contributed by atoms with Crippen LogP contribution in [0.5, 0.6) is 0 Å². The highest BCUT2D eigenvalue weighted by molar-refractivity contribution is 5.32. The van der Waals surface area contributed by atoms with E-state index in [-0.39, 0.29) is 6.07 Å². The van der Waals surface area contributed by atoms with Crippen molar-refractivity contribution in [2.24, 2.45) is 0 Å². The second-order valence-electron chi connectivity index (χ2n) is 3.90. The number of aliphatic hydroxyl groups is 1. The first-order chi connectivity index (χ1) is 8.50. The van der Waals surface area contributed by atoms with Crippen LogP contribution < -0.4 is 0 Å². The number of rotatable bonds is 3. The van der Waals surface area contributed by atoms with Crippen LogP contribution in [0.25, 0.3) is 0 Å². The van der Waals surface area contributed by atoms with Crippen LogP contribution in [0.4, 0.5) is 30.7 Å². The summed E-state index contributed by atoms with van der Waals surface area (Å²) in [6, 6.07) is 1.44. The first-order valence-corrected chi connectivity index (χ1v) is 5.12. The van der Waals surface area contributed by atoms with Gasteiger partial charge in [0.2, 0.25) is 0 Å². The van der Waals surface area contributed by atoms with Crippen molar-refractivity contribution >= 4 is 0 Å². The van der Waals surface area contributed by atoms with E-state index in [2.05, 4.69) is 0 Å². The van der Waals surface area contributed by atoms with E-state index >= 15 is 0 Å². The van der Waals surface area contributed by atoms with E-state index in [1.807, 2.05) is 0 Å². The second-order valence-corrected chi connectivity index (χ2v) is 3.90. The molecule has 8 heteroatoms. The minimum atomic E-state index is -4.95. The Morgan fingerprint density at radius 1 is 1.05 bits per heavy atom. The van der Waals surface area contributed by atoms with Gasteiger partial charge >= 0.3 is 12.4 Å². The minimum Gasteiger partial charge on any atom is -0.388 e. The molecule has 0 aromatic heterocycles. The molecule has 1 aromatic rings. The smallest absolute Gasteiger partial charge is 0.388 e. The van der Waals surface area contributed by atoms with Gasteiger partial charge in [-0.15, -0.1) is 0 Å². The number of hydrogen-bond donors (Lipinski definition) is 1. The summed E-state index contributed by atoms with van der Waals surface area (Å²) >= 11 is 0. The monoisotopic (exact) mass is 290 g/mol. The highest BCUT2D eigenvalue weighted by atomic mass is 19.4. The Kier molecular flexibility index (Phi) is 4.44. The zero-order valence-electron chi connectivity index (χ0n) is 9.32. The molecule has 0 aliphatic rings. The van der Waals surface area contributed by atoms with Crippen molar-refractivity contribution < 1.29 is 35.8 Å². The summed E-state index contributed by atoms with van der Waals surface area (Å²) in [4.78, 5) is 0. The van der Waals surface area contributed by atoms with Gasteiger partial charge in [0.25, 0.3) is 0 Å². The van der Waals surface area contributed by atoms with Crippen molar-refractivity contribution in [1.82, 2.24) is 0 Å². The van der Waals surface area contributed by atoms with E-state index < -0.39 is 48.2 Å². The molecule has 1 rings (SSSR count). The van der Waals surface area contributed by atoms with Gasteiger partial charge in [-0.25, -0.2) is 4.39 Å². The average Bonchev–Trinajstić information content (AvgIpc) is 2.23. The molecule has 0 bridgehead atoms. The molecule has 0 spiro atoms. The molecule has 0 fully saturated rings. The second kappa shape index (κ2) is 5.36. The number of halogens is 7. The highest BCUT2D eigenvalue weighted by Gasteiger charge is 2.36. The Hall–Kier alpha value is -1.31. The highest BCUT2D eigenvalue weighted by Crippen LogP contribution is 2.37. The molecule has 0 amide bonds. The number of alkyl halides is 6. The quantitative estimate of drug-likeness (QED) is 0.826. The largest absolute Gasteiger partial charge is 0.416 e. The fourth-order valence-corrected chi connectivity index (χ4v) is 1.52. The molecule has 0 aliphatic carbocycles. The van der Waals surface area contributed by atoms with Crippen molar-refractivity contribution in [2.45, 2.75) is 31.3 Å². The molecule has 19 heavy (non-hydrogen) atoms. The summed E-state index contributed by atoms with van der Waals surface area (Å²) in [6.07, 6.45) is -13.8. The predicted molar refractivity (Wildman–Crippen MR) is 51.7 cm³/mol. The summed E-state index contributed by atoms with van der Waals surface area (Å²) in [7, 11) is 0. The van der Waals surface area contributed by atoms with E-state index in [0.29, 0.717) is 12.1 Å². The summed E-state index contributed by atoms with van der Waals surface area (Å²) in [5.41, 5.74) is -2.24. The van der Waals surface area contributed by atoms with E-state index in [1.54, 1.807) is 0 Å². The number of hydrogen-bond acceptors (Lipinski definition) is 1. The van der Waals surface area contributed by atoms with E-state index in [9.17, 15) is 35.8 Å². The van der Waals surface area contributed by atoms with Gasteiger partial charge in [-0.05, 0) is 24.1 Å². The Morgan fingerprint density at radius 2 is 1.63 bits per heavy atom. The van der Waals surface area contributed by atoms with E-state index in [1.165, 1.54) is 0 Å². The molecule has 1 nitrogen and oxygen atoms in total. The predicted octanol–water partition coefficient (Wildman–Crippen LogP) is 4.22. The Morgan fingerprint density at radius 3 is 2.11 bits per heavy atom. The van der Waals surface area contributed by atoms with Gasteiger partial charge in [0, 0.05) is 6.42 Å². The molecule has 0 radical (unpaired) electrons. The lowest BCUT2D eigenvalue weighted by Crippen LogP contribution is -2.15. The molecule has 0 heterocycles. The third-order valence-electron chi connectivity index (χ3n) is 2.38. The Labute approximate surface area is 103 Å². The summed E-state index contributed by atoms with van der Waals surface area (Å²) in [6.45, 7) is 0. The molecule has 1 N–H and O–H groups in total. The van der Waals surface area contributed by atoms with Crippen LogP contribution in [0.3, 0.4) is 0 Å². The number of aliphatic hydroxyl groups excluding tert-OH is 1. The fraction of sp³-hybridized carbons (Fsp3) is 0.455. The first kappa shape index (κ1) is 15.7. The van der Waals surface area contributed by atoms with Crippen LogP contribution in [0.2, 0.25) is 0 Å². The molecular weight excluding hydrogens is 281 g/mol. The SMILES string of the molecule is OC(CCC(F)(F)F)c1ccc(F)cc1C(F)(F)F. The molecule has 1 unspecified atom stereocenters. The Bertz CT molecular complexity index is 436. The maximum absolute atomic E-state index is 12.8. The van der Waals surface area contributed by atoms with Crippen LogP contribution in [0.1, 0.15) is 30.1 Å². The zero-order chi connectivity index (χ0) is 14.8. The average molecular weight is 290 g/mol. The fourth-order valence-electron chi connectivity index (χ4n) is 1.52. The van der Waals surface area contributed by atoms with Crippen LogP contribution in [0, 0.1) is 5.82 Å². The van der Waals surface area contributed by atoms with Crippen molar-refractivity contribution in [2.75, 3.05) is 0 Å². The first-order valence-electron chi connectivity index (χ1n) is 5.12. The molecule has 0 saturated carbocycles. The van der Waals surface area contributed by atoms with Gasteiger partial charge in [0.05, 0.1) is 11.7 Å². The van der Waals surface area contributed by atoms with Gasteiger partial charge in [0.15, 0.2) is 0 Å². The van der Waals surface area contributed by atoms with Crippen molar-refractivity contribution in [3.05, 3.63) is 35.1 Å². The lowest BCUT2D eigenvalue weighted by Gasteiger charge is -2.18. The van der Waals surface area contributed by atoms with Crippen LogP contribution >= 0.6 is 0 Å². The third-order valence-corrected chi connectivity index (χ3v) is 2.38. The van der Waals surface area contributed by atoms with E-state index in [0.717, 1.165) is 0 Å². The van der Waals surface area contributed by atoms with Crippen molar-refractivity contribution in [3.8, 4) is 0 Å². The van der Waals surface area contributed by atoms with Crippen LogP contribution in [-0.2, 0) is 6.18 Å². The normalized spacial score (nSPS) is 14.5. The Balaban J connectivity index is 3.00. The van der Waals surface area contributed by atoms with E-state index in [4.69, 9.17) is 0 Å². The summed E-state index contributed by atoms with van der Waals surface area (Å²) < 4.78 is 86.3. The lowest BCUT2D eigenvalue weighted by atomic mass is 9.98. The van der Waals surface area contributed by atoms with Crippen LogP contribution in [0.15, 0.2) is 18.2 Å². The minimum absolute atomic E-state index is 0.145. The molecular formula is C11H9F7O. The molecule has 1 atom stereocenters. The van der Waals surface area contributed by atoms with Crippen molar-refractivity contribution in [1.29, 1.82) is 0 Å². The molecule has 108 valence electrons. The standard InChI is InChI=1S/C11H9F7O/c12-6-1-2-7(8(5-6)11(16,17)18)9(19)3-4-10(13,14)15/h1-2,5,9,19H,3-4H2. The van der Waals surface area contributed by atoms with Crippen LogP contribution in [-0.4, -0.2) is 11.3 Å². The molecule has 0 saturated heterocycles. The number of benzene rings is 1. The third kappa shape index (κ3) is 4.70. The maximum atomic E-state index is 12.8. The van der Waals surface area contributed by atoms with Gasteiger partial charge in [-0.1, -0.05) is 6.07 Å². The van der Waals surface area contributed by atoms with Gasteiger partial charge in [-0.2, -0.15) is 26.3 Å². The van der Waals surface area contributed by atoms with Gasteiger partial charge in [0.1, 0.15) is 5.82 Å². The maximum Gasteiger partial charge on any atom is 0.416 e. The molecule has 0 aliphatic heterocycles. The topological polar surface area (TPSA) is 20.2 Å². The lowest BCUT2D eigenvalue weighted by molar-refractivity contribution is -0.143.